The molecule has 0 saturated heterocycles. The molecule has 0 fully saturated rings. The van der Waals surface area contributed by atoms with Crippen LogP contribution in [-0.2, 0) is 5.41 Å². The first-order chi connectivity index (χ1) is 32.2. The van der Waals surface area contributed by atoms with Crippen molar-refractivity contribution >= 4 is 70.1 Å². The van der Waals surface area contributed by atoms with Gasteiger partial charge in [0.1, 0.15) is 0 Å². The van der Waals surface area contributed by atoms with Crippen LogP contribution >= 0.6 is 11.3 Å². The number of rotatable bonds is 7. The van der Waals surface area contributed by atoms with Crippen molar-refractivity contribution in [3.63, 3.8) is 0 Å². The highest BCUT2D eigenvalue weighted by Crippen LogP contribution is 2.56. The van der Waals surface area contributed by atoms with E-state index in [9.17, 15) is 0 Å². The largest absolute Gasteiger partial charge is 0.310 e. The van der Waals surface area contributed by atoms with E-state index in [1.54, 1.807) is 0 Å². The van der Waals surface area contributed by atoms with Gasteiger partial charge in [0.15, 0.2) is 0 Å². The molecule has 65 heavy (non-hydrogen) atoms. The molecule has 0 amide bonds. The van der Waals surface area contributed by atoms with Crippen LogP contribution < -0.4 is 4.90 Å². The third kappa shape index (κ3) is 5.85. The summed E-state index contributed by atoms with van der Waals surface area (Å²) in [5.74, 6) is 0. The lowest BCUT2D eigenvalue weighted by Crippen LogP contribution is -2.28. The summed E-state index contributed by atoms with van der Waals surface area (Å²) in [7, 11) is 0. The van der Waals surface area contributed by atoms with E-state index in [4.69, 9.17) is 0 Å². The van der Waals surface area contributed by atoms with Crippen LogP contribution in [0.4, 0.5) is 17.1 Å². The highest BCUT2D eigenvalue weighted by atomic mass is 32.1. The second-order valence-electron chi connectivity index (χ2n) is 17.2. The molecule has 0 aliphatic heterocycles. The van der Waals surface area contributed by atoms with E-state index in [1.807, 2.05) is 11.3 Å². The molecule has 0 bridgehead atoms. The summed E-state index contributed by atoms with van der Waals surface area (Å²) in [4.78, 5) is 2.44. The van der Waals surface area contributed by atoms with Gasteiger partial charge >= 0.3 is 0 Å². The Hall–Kier alpha value is -8.04. The molecule has 11 aromatic carbocycles. The highest BCUT2D eigenvalue weighted by molar-refractivity contribution is 7.26. The fraction of sp³-hybridized carbons (Fsp3) is 0.0159. The fourth-order valence-corrected chi connectivity index (χ4v) is 12.0. The van der Waals surface area contributed by atoms with E-state index in [-0.39, 0.29) is 0 Å². The molecular formula is C63H41NS. The van der Waals surface area contributed by atoms with E-state index in [2.05, 4.69) is 254 Å². The summed E-state index contributed by atoms with van der Waals surface area (Å²) in [5.41, 5.74) is 15.5. The van der Waals surface area contributed by atoms with Crippen molar-refractivity contribution in [2.45, 2.75) is 5.41 Å². The number of thiophene rings is 1. The van der Waals surface area contributed by atoms with Crippen molar-refractivity contribution < 1.29 is 0 Å². The number of benzene rings is 11. The molecule has 0 spiro atoms. The van der Waals surface area contributed by atoms with Crippen LogP contribution in [0.2, 0.25) is 0 Å². The van der Waals surface area contributed by atoms with E-state index >= 15 is 0 Å². The zero-order chi connectivity index (χ0) is 42.9. The first-order valence-corrected chi connectivity index (χ1v) is 23.2. The van der Waals surface area contributed by atoms with E-state index in [1.165, 1.54) is 97.4 Å². The van der Waals surface area contributed by atoms with Crippen molar-refractivity contribution in [3.05, 3.63) is 271 Å². The molecule has 0 unspecified atom stereocenters. The minimum atomic E-state index is -0.466. The Morgan fingerprint density at radius 1 is 0.308 bits per heavy atom. The standard InChI is InChI=1S/C63H41NS/c1-3-15-42(16-4-1)51-25-13-18-45-19-14-26-52(61(45)51)44-29-34-48(35-30-44)64(50-38-40-59-56(41-50)62-53-22-8-7-17-43(53)31-39-60(62)65-59)49-36-32-47(33-37-49)63(46-20-5-2-6-21-46)57-27-11-9-23-54(57)55-24-10-12-28-58(55)63/h1-41H. The van der Waals surface area contributed by atoms with Crippen molar-refractivity contribution in [2.75, 3.05) is 4.90 Å². The molecule has 0 N–H and O–H groups in total. The maximum absolute atomic E-state index is 2.44. The summed E-state index contributed by atoms with van der Waals surface area (Å²) >= 11 is 1.87. The summed E-state index contributed by atoms with van der Waals surface area (Å²) < 4.78 is 2.60. The molecule has 13 rings (SSSR count). The van der Waals surface area contributed by atoms with Gasteiger partial charge in [-0.15, -0.1) is 11.3 Å². The van der Waals surface area contributed by atoms with Crippen LogP contribution in [0, 0.1) is 0 Å². The SMILES string of the molecule is c1ccc(-c2cccc3cccc(-c4ccc(N(c5ccc(C6(c7ccccc7)c7ccccc7-c7ccccc76)cc5)c5ccc6sc7ccc8ccccc8c7c6c5)cc4)c23)cc1. The molecule has 304 valence electrons. The Kier molecular flexibility index (Phi) is 8.69. The van der Waals surface area contributed by atoms with Gasteiger partial charge in [-0.25, -0.2) is 0 Å². The van der Waals surface area contributed by atoms with Gasteiger partial charge in [-0.1, -0.05) is 200 Å². The smallest absolute Gasteiger partial charge is 0.0713 e. The molecule has 12 aromatic rings. The molecule has 1 aliphatic rings. The maximum atomic E-state index is 2.44. The summed E-state index contributed by atoms with van der Waals surface area (Å²) in [6, 6.07) is 92.0. The van der Waals surface area contributed by atoms with Gasteiger partial charge < -0.3 is 4.90 Å². The molecule has 1 nitrogen and oxygen atoms in total. The van der Waals surface area contributed by atoms with Crippen LogP contribution in [0.3, 0.4) is 0 Å². The lowest BCUT2D eigenvalue weighted by molar-refractivity contribution is 0.768. The lowest BCUT2D eigenvalue weighted by Gasteiger charge is -2.34. The van der Waals surface area contributed by atoms with Crippen LogP contribution in [0.5, 0.6) is 0 Å². The van der Waals surface area contributed by atoms with Gasteiger partial charge in [0, 0.05) is 37.2 Å². The fourth-order valence-electron chi connectivity index (χ4n) is 10.9. The molecule has 1 aromatic heterocycles. The van der Waals surface area contributed by atoms with Crippen molar-refractivity contribution in [1.29, 1.82) is 0 Å². The van der Waals surface area contributed by atoms with Crippen LogP contribution in [0.15, 0.2) is 249 Å². The Morgan fingerprint density at radius 3 is 1.51 bits per heavy atom. The maximum Gasteiger partial charge on any atom is 0.0713 e. The molecule has 0 saturated carbocycles. The van der Waals surface area contributed by atoms with E-state index < -0.39 is 5.41 Å². The highest BCUT2D eigenvalue weighted by Gasteiger charge is 2.45. The summed E-state index contributed by atoms with van der Waals surface area (Å²) in [6.45, 7) is 0. The summed E-state index contributed by atoms with van der Waals surface area (Å²) in [5, 5.41) is 7.67. The Morgan fingerprint density at radius 2 is 0.815 bits per heavy atom. The normalized spacial score (nSPS) is 12.7. The van der Waals surface area contributed by atoms with Crippen LogP contribution in [0.1, 0.15) is 22.3 Å². The van der Waals surface area contributed by atoms with E-state index in [0.717, 1.165) is 17.1 Å². The number of anilines is 3. The third-order valence-electron chi connectivity index (χ3n) is 13.7. The van der Waals surface area contributed by atoms with Gasteiger partial charge in [0.2, 0.25) is 0 Å². The van der Waals surface area contributed by atoms with Crippen molar-refractivity contribution in [2.24, 2.45) is 0 Å². The average Bonchev–Trinajstić information content (AvgIpc) is 3.91. The molecule has 0 radical (unpaired) electrons. The Bertz CT molecular complexity index is 3700. The number of hydrogen-bond acceptors (Lipinski definition) is 2. The predicted molar refractivity (Wildman–Crippen MR) is 277 cm³/mol. The van der Waals surface area contributed by atoms with Crippen LogP contribution in [-0.4, -0.2) is 0 Å². The number of fused-ring (bicyclic) bond motifs is 9. The average molecular weight is 844 g/mol. The molecular weight excluding hydrogens is 803 g/mol. The molecule has 1 heterocycles. The molecule has 1 aliphatic carbocycles. The second-order valence-corrected chi connectivity index (χ2v) is 18.2. The zero-order valence-electron chi connectivity index (χ0n) is 35.5. The van der Waals surface area contributed by atoms with Gasteiger partial charge in [0.25, 0.3) is 0 Å². The Labute approximate surface area is 382 Å². The van der Waals surface area contributed by atoms with Gasteiger partial charge in [-0.3, -0.25) is 0 Å². The predicted octanol–water partition coefficient (Wildman–Crippen LogP) is 17.5. The molecule has 0 atom stereocenters. The van der Waals surface area contributed by atoms with Crippen molar-refractivity contribution in [3.8, 4) is 33.4 Å². The molecule has 2 heteroatoms. The zero-order valence-corrected chi connectivity index (χ0v) is 36.3. The summed E-state index contributed by atoms with van der Waals surface area (Å²) in [6.07, 6.45) is 0. The topological polar surface area (TPSA) is 3.24 Å². The second kappa shape index (κ2) is 15.1. The third-order valence-corrected chi connectivity index (χ3v) is 14.9. The van der Waals surface area contributed by atoms with Gasteiger partial charge in [-0.2, -0.15) is 0 Å². The van der Waals surface area contributed by atoms with Gasteiger partial charge in [-0.05, 0) is 126 Å². The first kappa shape index (κ1) is 37.5. The van der Waals surface area contributed by atoms with E-state index in [0.29, 0.717) is 0 Å². The quantitative estimate of drug-likeness (QED) is 0.154. The number of hydrogen-bond donors (Lipinski definition) is 0. The minimum Gasteiger partial charge on any atom is -0.310 e. The monoisotopic (exact) mass is 843 g/mol. The van der Waals surface area contributed by atoms with Crippen molar-refractivity contribution in [1.82, 2.24) is 0 Å². The lowest BCUT2D eigenvalue weighted by atomic mass is 9.68. The Balaban J connectivity index is 0.995. The van der Waals surface area contributed by atoms with Gasteiger partial charge in [0.05, 0.1) is 5.41 Å². The number of nitrogens with zero attached hydrogens (tertiary/aromatic N) is 1. The van der Waals surface area contributed by atoms with Crippen LogP contribution in [0.25, 0.3) is 75.1 Å². The minimum absolute atomic E-state index is 0.466. The first-order valence-electron chi connectivity index (χ1n) is 22.4.